The normalized spacial score (nSPS) is 45.6. The van der Waals surface area contributed by atoms with Crippen LogP contribution in [0.1, 0.15) is 79.6 Å². The Kier molecular flexibility index (Phi) is 3.76. The lowest BCUT2D eigenvalue weighted by Gasteiger charge is -2.61. The summed E-state index contributed by atoms with van der Waals surface area (Å²) in [5, 5.41) is 11.2. The van der Waals surface area contributed by atoms with E-state index < -0.39 is 11.6 Å². The fraction of sp³-hybridized carbons (Fsp3) is 0.850. The highest BCUT2D eigenvalue weighted by atomic mass is 16.5. The maximum Gasteiger partial charge on any atom is 0.0953 e. The smallest absolute Gasteiger partial charge is 0.0953 e. The standard InChI is InChI=1S/C20H32O3/c1-14-7-8-15-17(2,3)9-6-10-19(15,5)20(14)12-11-18(4,23-20)13-16(21)22/h7,15H,6,8-13H2,1-5H3,(H,21,22)/p-1/t15-,18-,19-,20+/m1/s1. The van der Waals surface area contributed by atoms with Gasteiger partial charge in [0.25, 0.3) is 0 Å². The number of allylic oxidation sites excluding steroid dienone is 1. The van der Waals surface area contributed by atoms with Crippen LogP contribution in [-0.4, -0.2) is 17.2 Å². The number of rotatable bonds is 2. The maximum atomic E-state index is 11.2. The third-order valence-corrected chi connectivity index (χ3v) is 7.39. The number of hydrogen-bond acceptors (Lipinski definition) is 3. The summed E-state index contributed by atoms with van der Waals surface area (Å²) < 4.78 is 6.68. The van der Waals surface area contributed by atoms with Crippen LogP contribution in [-0.2, 0) is 9.53 Å². The molecule has 0 N–H and O–H groups in total. The van der Waals surface area contributed by atoms with Gasteiger partial charge in [-0.15, -0.1) is 0 Å². The lowest BCUT2D eigenvalue weighted by atomic mass is 9.46. The maximum absolute atomic E-state index is 11.2. The van der Waals surface area contributed by atoms with E-state index in [1.165, 1.54) is 24.8 Å². The van der Waals surface area contributed by atoms with Gasteiger partial charge >= 0.3 is 0 Å². The van der Waals surface area contributed by atoms with E-state index in [0.29, 0.717) is 11.3 Å². The third kappa shape index (κ3) is 2.38. The summed E-state index contributed by atoms with van der Waals surface area (Å²) in [6.07, 6.45) is 8.89. The Bertz CT molecular complexity index is 549. The van der Waals surface area contributed by atoms with Crippen molar-refractivity contribution in [1.82, 2.24) is 0 Å². The van der Waals surface area contributed by atoms with Gasteiger partial charge in [-0.05, 0) is 62.9 Å². The summed E-state index contributed by atoms with van der Waals surface area (Å²) in [5.74, 6) is -0.412. The van der Waals surface area contributed by atoms with Gasteiger partial charge in [0.05, 0.1) is 11.2 Å². The Morgan fingerprint density at radius 2 is 1.91 bits per heavy atom. The second kappa shape index (κ2) is 5.08. The molecular formula is C20H31O3-. The van der Waals surface area contributed by atoms with Crippen LogP contribution in [0.5, 0.6) is 0 Å². The predicted molar refractivity (Wildman–Crippen MR) is 88.7 cm³/mol. The molecule has 1 spiro atoms. The summed E-state index contributed by atoms with van der Waals surface area (Å²) in [6, 6.07) is 0. The second-order valence-corrected chi connectivity index (χ2v) is 9.36. The lowest BCUT2D eigenvalue weighted by molar-refractivity contribution is -0.310. The number of carboxylic acid groups (broad SMARTS) is 1. The van der Waals surface area contributed by atoms with Gasteiger partial charge < -0.3 is 14.6 Å². The van der Waals surface area contributed by atoms with Crippen molar-refractivity contribution in [3.63, 3.8) is 0 Å². The zero-order chi connectivity index (χ0) is 17.1. The van der Waals surface area contributed by atoms with E-state index in [0.717, 1.165) is 19.3 Å². The Hall–Kier alpha value is -0.830. The molecule has 1 aliphatic heterocycles. The van der Waals surface area contributed by atoms with Crippen molar-refractivity contribution in [3.05, 3.63) is 11.6 Å². The second-order valence-electron chi connectivity index (χ2n) is 9.36. The van der Waals surface area contributed by atoms with Crippen molar-refractivity contribution < 1.29 is 14.6 Å². The fourth-order valence-corrected chi connectivity index (χ4v) is 6.17. The minimum atomic E-state index is -1.01. The van der Waals surface area contributed by atoms with E-state index in [2.05, 4.69) is 33.8 Å². The number of carbonyl (C=O) groups excluding carboxylic acids is 1. The highest BCUT2D eigenvalue weighted by molar-refractivity contribution is 5.65. The molecular weight excluding hydrogens is 288 g/mol. The largest absolute Gasteiger partial charge is 0.550 e. The molecule has 130 valence electrons. The molecule has 2 fully saturated rings. The topological polar surface area (TPSA) is 49.4 Å². The van der Waals surface area contributed by atoms with E-state index in [-0.39, 0.29) is 17.4 Å². The first-order valence-electron chi connectivity index (χ1n) is 9.12. The summed E-state index contributed by atoms with van der Waals surface area (Å²) in [6.45, 7) is 11.3. The van der Waals surface area contributed by atoms with Crippen molar-refractivity contribution in [1.29, 1.82) is 0 Å². The number of carbonyl (C=O) groups is 1. The molecule has 3 nitrogen and oxygen atoms in total. The molecule has 1 saturated carbocycles. The van der Waals surface area contributed by atoms with Gasteiger partial charge in [-0.3, -0.25) is 0 Å². The molecule has 4 atom stereocenters. The molecule has 1 saturated heterocycles. The molecule has 0 radical (unpaired) electrons. The Balaban J connectivity index is 2.02. The van der Waals surface area contributed by atoms with Gasteiger partial charge in [0.1, 0.15) is 0 Å². The van der Waals surface area contributed by atoms with Gasteiger partial charge in [0.15, 0.2) is 0 Å². The van der Waals surface area contributed by atoms with Crippen molar-refractivity contribution in [3.8, 4) is 0 Å². The van der Waals surface area contributed by atoms with E-state index >= 15 is 0 Å². The average molecular weight is 319 g/mol. The molecule has 0 amide bonds. The van der Waals surface area contributed by atoms with Crippen molar-refractivity contribution in [2.24, 2.45) is 16.7 Å². The predicted octanol–water partition coefficient (Wildman–Crippen LogP) is 3.62. The molecule has 3 aliphatic rings. The molecule has 1 heterocycles. The number of carboxylic acids is 1. The monoisotopic (exact) mass is 319 g/mol. The fourth-order valence-electron chi connectivity index (χ4n) is 6.17. The highest BCUT2D eigenvalue weighted by Gasteiger charge is 2.64. The first-order chi connectivity index (χ1) is 10.5. The lowest BCUT2D eigenvalue weighted by Crippen LogP contribution is -2.59. The number of aliphatic carboxylic acids is 1. The third-order valence-electron chi connectivity index (χ3n) is 7.39. The number of hydrogen-bond donors (Lipinski definition) is 0. The van der Waals surface area contributed by atoms with Gasteiger partial charge in [0.2, 0.25) is 0 Å². The molecule has 3 rings (SSSR count). The number of fused-ring (bicyclic) bond motifs is 2. The summed E-state index contributed by atoms with van der Waals surface area (Å²) in [7, 11) is 0. The van der Waals surface area contributed by atoms with E-state index in [9.17, 15) is 9.90 Å². The van der Waals surface area contributed by atoms with E-state index in [1.54, 1.807) is 0 Å². The van der Waals surface area contributed by atoms with Crippen LogP contribution < -0.4 is 5.11 Å². The van der Waals surface area contributed by atoms with Crippen LogP contribution in [0.4, 0.5) is 0 Å². The minimum Gasteiger partial charge on any atom is -0.550 e. The Labute approximate surface area is 140 Å². The van der Waals surface area contributed by atoms with Crippen LogP contribution in [0.25, 0.3) is 0 Å². The zero-order valence-electron chi connectivity index (χ0n) is 15.3. The molecule has 3 heteroatoms. The Morgan fingerprint density at radius 3 is 2.57 bits per heavy atom. The summed E-state index contributed by atoms with van der Waals surface area (Å²) >= 11 is 0. The molecule has 0 aromatic heterocycles. The average Bonchev–Trinajstić information content (AvgIpc) is 2.74. The number of ether oxygens (including phenoxy) is 1. The van der Waals surface area contributed by atoms with Gasteiger partial charge in [-0.2, -0.15) is 0 Å². The van der Waals surface area contributed by atoms with Crippen LogP contribution >= 0.6 is 0 Å². The summed E-state index contributed by atoms with van der Waals surface area (Å²) in [5.41, 5.74) is 0.833. The van der Waals surface area contributed by atoms with E-state index in [1.807, 2.05) is 6.92 Å². The van der Waals surface area contributed by atoms with Crippen LogP contribution in [0, 0.1) is 16.7 Å². The molecule has 23 heavy (non-hydrogen) atoms. The quantitative estimate of drug-likeness (QED) is 0.730. The van der Waals surface area contributed by atoms with Crippen molar-refractivity contribution >= 4 is 5.97 Å². The zero-order valence-corrected chi connectivity index (χ0v) is 15.3. The molecule has 0 bridgehead atoms. The van der Waals surface area contributed by atoms with E-state index in [4.69, 9.17) is 4.74 Å². The SMILES string of the molecule is CC1=CC[C@@H]2C(C)(C)CCC[C@@]2(C)[C@]12CC[C@](C)(CC(=O)[O-])O2. The Morgan fingerprint density at radius 1 is 1.22 bits per heavy atom. The van der Waals surface area contributed by atoms with Crippen LogP contribution in [0.3, 0.4) is 0 Å². The highest BCUT2D eigenvalue weighted by Crippen LogP contribution is 2.66. The van der Waals surface area contributed by atoms with Gasteiger partial charge in [0, 0.05) is 17.8 Å². The first-order valence-corrected chi connectivity index (χ1v) is 9.12. The molecule has 0 aromatic rings. The van der Waals surface area contributed by atoms with Gasteiger partial charge in [-0.1, -0.05) is 33.3 Å². The van der Waals surface area contributed by atoms with Crippen molar-refractivity contribution in [2.45, 2.75) is 90.8 Å². The minimum absolute atomic E-state index is 0.00777. The van der Waals surface area contributed by atoms with Crippen LogP contribution in [0.2, 0.25) is 0 Å². The van der Waals surface area contributed by atoms with Crippen LogP contribution in [0.15, 0.2) is 11.6 Å². The molecule has 2 aliphatic carbocycles. The first kappa shape index (κ1) is 17.0. The van der Waals surface area contributed by atoms with Crippen molar-refractivity contribution in [2.75, 3.05) is 0 Å². The molecule has 0 unspecified atom stereocenters. The summed E-state index contributed by atoms with van der Waals surface area (Å²) in [4.78, 5) is 11.2. The molecule has 0 aromatic carbocycles. The van der Waals surface area contributed by atoms with Gasteiger partial charge in [-0.25, -0.2) is 0 Å².